The number of hydrogen-bond acceptors (Lipinski definition) is 2. The molecule has 18 heavy (non-hydrogen) atoms. The number of carbonyl (C=O) groups is 2. The Morgan fingerprint density at radius 2 is 2.00 bits per heavy atom. The van der Waals surface area contributed by atoms with Gasteiger partial charge in [-0.2, -0.15) is 0 Å². The van der Waals surface area contributed by atoms with E-state index in [2.05, 4.69) is 6.07 Å². The summed E-state index contributed by atoms with van der Waals surface area (Å²) in [5, 5.41) is 8.91. The molecule has 1 heterocycles. The highest BCUT2D eigenvalue weighted by molar-refractivity contribution is 5.65. The van der Waals surface area contributed by atoms with Crippen molar-refractivity contribution in [2.75, 3.05) is 13.1 Å². The lowest BCUT2D eigenvalue weighted by molar-refractivity contribution is -0.107. The van der Waals surface area contributed by atoms with E-state index in [0.717, 1.165) is 24.7 Å². The van der Waals surface area contributed by atoms with Crippen LogP contribution in [0.15, 0.2) is 24.3 Å². The Balaban J connectivity index is 2.09. The third-order valence-electron chi connectivity index (χ3n) is 3.56. The van der Waals surface area contributed by atoms with Crippen LogP contribution >= 0.6 is 0 Å². The lowest BCUT2D eigenvalue weighted by Crippen LogP contribution is -2.36. The van der Waals surface area contributed by atoms with Gasteiger partial charge in [0, 0.05) is 19.5 Å². The lowest BCUT2D eigenvalue weighted by atomic mass is 9.86. The third kappa shape index (κ3) is 2.70. The summed E-state index contributed by atoms with van der Waals surface area (Å²) in [6, 6.07) is 7.95. The van der Waals surface area contributed by atoms with Gasteiger partial charge in [0.25, 0.3) is 0 Å². The molecule has 1 aliphatic rings. The van der Waals surface area contributed by atoms with Crippen LogP contribution in [0.3, 0.4) is 0 Å². The molecule has 0 saturated carbocycles. The second-order valence-corrected chi connectivity index (χ2v) is 4.61. The van der Waals surface area contributed by atoms with Crippen LogP contribution in [0.4, 0.5) is 4.79 Å². The standard InChI is InChI=1S/C14H17NO3/c16-10-7-11-3-1-2-4-13(11)12-5-8-15(9-6-12)14(17)18/h1-4,10,12H,5-9H2,(H,17,18). The number of rotatable bonds is 3. The van der Waals surface area contributed by atoms with Crippen molar-refractivity contribution in [3.63, 3.8) is 0 Å². The van der Waals surface area contributed by atoms with Crippen LogP contribution in [0, 0.1) is 0 Å². The molecule has 0 spiro atoms. The van der Waals surface area contributed by atoms with E-state index < -0.39 is 6.09 Å². The molecule has 0 atom stereocenters. The minimum atomic E-state index is -0.838. The van der Waals surface area contributed by atoms with Gasteiger partial charge in [-0.15, -0.1) is 0 Å². The van der Waals surface area contributed by atoms with Gasteiger partial charge in [-0.1, -0.05) is 24.3 Å². The fourth-order valence-electron chi connectivity index (χ4n) is 2.59. The van der Waals surface area contributed by atoms with Crippen molar-refractivity contribution in [2.45, 2.75) is 25.2 Å². The molecule has 1 amide bonds. The molecular weight excluding hydrogens is 230 g/mol. The molecule has 1 saturated heterocycles. The summed E-state index contributed by atoms with van der Waals surface area (Å²) in [5.41, 5.74) is 2.27. The zero-order chi connectivity index (χ0) is 13.0. The van der Waals surface area contributed by atoms with Crippen LogP contribution in [0.2, 0.25) is 0 Å². The maximum absolute atomic E-state index is 10.8. The Morgan fingerprint density at radius 1 is 1.33 bits per heavy atom. The quantitative estimate of drug-likeness (QED) is 0.834. The average Bonchev–Trinajstić information content (AvgIpc) is 2.40. The molecule has 4 nitrogen and oxygen atoms in total. The first kappa shape index (κ1) is 12.6. The number of carbonyl (C=O) groups excluding carboxylic acids is 1. The van der Waals surface area contributed by atoms with Crippen molar-refractivity contribution in [1.29, 1.82) is 0 Å². The Hall–Kier alpha value is -1.84. The van der Waals surface area contributed by atoms with Gasteiger partial charge >= 0.3 is 6.09 Å². The minimum Gasteiger partial charge on any atom is -0.465 e. The topological polar surface area (TPSA) is 57.6 Å². The summed E-state index contributed by atoms with van der Waals surface area (Å²) in [7, 11) is 0. The van der Waals surface area contributed by atoms with Gasteiger partial charge in [-0.25, -0.2) is 4.79 Å². The second-order valence-electron chi connectivity index (χ2n) is 4.61. The number of likely N-dealkylation sites (tertiary alicyclic amines) is 1. The van der Waals surface area contributed by atoms with Gasteiger partial charge < -0.3 is 14.8 Å². The molecule has 0 aromatic heterocycles. The lowest BCUT2D eigenvalue weighted by Gasteiger charge is -2.31. The zero-order valence-electron chi connectivity index (χ0n) is 10.2. The Labute approximate surface area is 106 Å². The summed E-state index contributed by atoms with van der Waals surface area (Å²) in [5.74, 6) is 0.372. The van der Waals surface area contributed by atoms with Crippen molar-refractivity contribution < 1.29 is 14.7 Å². The van der Waals surface area contributed by atoms with Gasteiger partial charge in [0.05, 0.1) is 0 Å². The molecule has 0 radical (unpaired) electrons. The summed E-state index contributed by atoms with van der Waals surface area (Å²) in [4.78, 5) is 23.0. The maximum Gasteiger partial charge on any atom is 0.407 e. The first-order valence-corrected chi connectivity index (χ1v) is 6.21. The number of nitrogens with zero attached hydrogens (tertiary/aromatic N) is 1. The van der Waals surface area contributed by atoms with Crippen molar-refractivity contribution in [1.82, 2.24) is 4.90 Å². The summed E-state index contributed by atoms with van der Waals surface area (Å²) < 4.78 is 0. The monoisotopic (exact) mass is 247 g/mol. The minimum absolute atomic E-state index is 0.372. The molecule has 1 fully saturated rings. The number of aldehydes is 1. The third-order valence-corrected chi connectivity index (χ3v) is 3.56. The fraction of sp³-hybridized carbons (Fsp3) is 0.429. The van der Waals surface area contributed by atoms with E-state index in [1.165, 1.54) is 10.5 Å². The molecule has 2 rings (SSSR count). The van der Waals surface area contributed by atoms with Crippen LogP contribution in [0.1, 0.15) is 29.9 Å². The molecule has 0 bridgehead atoms. The van der Waals surface area contributed by atoms with E-state index in [1.54, 1.807) is 0 Å². The number of hydrogen-bond donors (Lipinski definition) is 1. The van der Waals surface area contributed by atoms with Crippen LogP contribution in [-0.2, 0) is 11.2 Å². The van der Waals surface area contributed by atoms with Crippen LogP contribution in [0.25, 0.3) is 0 Å². The van der Waals surface area contributed by atoms with E-state index >= 15 is 0 Å². The van der Waals surface area contributed by atoms with E-state index in [9.17, 15) is 9.59 Å². The van der Waals surface area contributed by atoms with Crippen molar-refractivity contribution in [3.8, 4) is 0 Å². The maximum atomic E-state index is 10.8. The number of carboxylic acid groups (broad SMARTS) is 1. The normalized spacial score (nSPS) is 16.6. The van der Waals surface area contributed by atoms with Gasteiger partial charge in [0.2, 0.25) is 0 Å². The Morgan fingerprint density at radius 3 is 2.61 bits per heavy atom. The van der Waals surface area contributed by atoms with Gasteiger partial charge in [0.15, 0.2) is 0 Å². The Bertz CT molecular complexity index is 436. The van der Waals surface area contributed by atoms with Crippen molar-refractivity contribution in [2.24, 2.45) is 0 Å². The van der Waals surface area contributed by atoms with Crippen molar-refractivity contribution >= 4 is 12.4 Å². The Kier molecular flexibility index (Phi) is 3.97. The molecule has 1 N–H and O–H groups in total. The molecule has 1 aliphatic heterocycles. The molecule has 0 unspecified atom stereocenters. The van der Waals surface area contributed by atoms with Crippen LogP contribution < -0.4 is 0 Å². The fourth-order valence-corrected chi connectivity index (χ4v) is 2.59. The predicted molar refractivity (Wildman–Crippen MR) is 67.8 cm³/mol. The van der Waals surface area contributed by atoms with Crippen molar-refractivity contribution in [3.05, 3.63) is 35.4 Å². The smallest absolute Gasteiger partial charge is 0.407 e. The van der Waals surface area contributed by atoms with E-state index in [0.29, 0.717) is 25.4 Å². The summed E-state index contributed by atoms with van der Waals surface area (Å²) in [6.45, 7) is 1.16. The predicted octanol–water partition coefficient (Wildman–Crippen LogP) is 2.29. The molecule has 96 valence electrons. The van der Waals surface area contributed by atoms with Crippen LogP contribution in [0.5, 0.6) is 0 Å². The number of amides is 1. The van der Waals surface area contributed by atoms with Gasteiger partial charge in [-0.05, 0) is 29.9 Å². The molecular formula is C14H17NO3. The van der Waals surface area contributed by atoms with Crippen LogP contribution in [-0.4, -0.2) is 35.5 Å². The second kappa shape index (κ2) is 5.67. The zero-order valence-corrected chi connectivity index (χ0v) is 10.2. The van der Waals surface area contributed by atoms with E-state index in [-0.39, 0.29) is 0 Å². The first-order valence-electron chi connectivity index (χ1n) is 6.21. The molecule has 1 aromatic carbocycles. The van der Waals surface area contributed by atoms with E-state index in [1.807, 2.05) is 18.2 Å². The largest absolute Gasteiger partial charge is 0.465 e. The highest BCUT2D eigenvalue weighted by Crippen LogP contribution is 2.30. The highest BCUT2D eigenvalue weighted by atomic mass is 16.4. The molecule has 4 heteroatoms. The van der Waals surface area contributed by atoms with Gasteiger partial charge in [-0.3, -0.25) is 0 Å². The van der Waals surface area contributed by atoms with Gasteiger partial charge in [0.1, 0.15) is 6.29 Å². The highest BCUT2D eigenvalue weighted by Gasteiger charge is 2.24. The average molecular weight is 247 g/mol. The molecule has 0 aliphatic carbocycles. The summed E-state index contributed by atoms with van der Waals surface area (Å²) >= 11 is 0. The van der Waals surface area contributed by atoms with E-state index in [4.69, 9.17) is 5.11 Å². The number of piperidine rings is 1. The first-order chi connectivity index (χ1) is 8.72. The summed E-state index contributed by atoms with van der Waals surface area (Å²) in [6.07, 6.45) is 2.19. The molecule has 1 aromatic rings. The SMILES string of the molecule is O=CCc1ccccc1C1CCN(C(=O)O)CC1. The number of benzene rings is 1.